The number of nitrogens with zero attached hydrogens (tertiary/aromatic N) is 4. The summed E-state index contributed by atoms with van der Waals surface area (Å²) in [6.07, 6.45) is 5.51. The lowest BCUT2D eigenvalue weighted by molar-refractivity contribution is 0.257. The summed E-state index contributed by atoms with van der Waals surface area (Å²) in [6.45, 7) is 4.59. The van der Waals surface area contributed by atoms with Gasteiger partial charge in [-0.25, -0.2) is 4.79 Å². The molecule has 128 valence electrons. The Morgan fingerprint density at radius 1 is 1.38 bits per heavy atom. The van der Waals surface area contributed by atoms with Gasteiger partial charge in [0.15, 0.2) is 0 Å². The van der Waals surface area contributed by atoms with Crippen LogP contribution in [0.25, 0.3) is 0 Å². The highest BCUT2D eigenvalue weighted by Gasteiger charge is 2.25. The lowest BCUT2D eigenvalue weighted by Gasteiger charge is -2.17. The van der Waals surface area contributed by atoms with Gasteiger partial charge < -0.3 is 10.2 Å². The number of rotatable bonds is 5. The number of amides is 2. The van der Waals surface area contributed by atoms with Gasteiger partial charge in [-0.1, -0.05) is 19.1 Å². The summed E-state index contributed by atoms with van der Waals surface area (Å²) >= 11 is 0. The van der Waals surface area contributed by atoms with E-state index in [4.69, 9.17) is 0 Å². The first kappa shape index (κ1) is 16.5. The zero-order valence-electron chi connectivity index (χ0n) is 14.6. The van der Waals surface area contributed by atoms with Crippen LogP contribution >= 0.6 is 0 Å². The Morgan fingerprint density at radius 3 is 2.96 bits per heavy atom. The second-order valence-electron chi connectivity index (χ2n) is 6.44. The molecule has 0 unspecified atom stereocenters. The van der Waals surface area contributed by atoms with Crippen molar-refractivity contribution in [1.29, 1.82) is 0 Å². The molecule has 0 radical (unpaired) electrons. The van der Waals surface area contributed by atoms with E-state index in [9.17, 15) is 4.79 Å². The van der Waals surface area contributed by atoms with Gasteiger partial charge in [0.25, 0.3) is 0 Å². The largest absolute Gasteiger partial charge is 0.326 e. The summed E-state index contributed by atoms with van der Waals surface area (Å²) in [7, 11) is 4.06. The summed E-state index contributed by atoms with van der Waals surface area (Å²) in [5, 5.41) is 7.24. The van der Waals surface area contributed by atoms with Crippen LogP contribution in [-0.4, -0.2) is 47.9 Å². The minimum Gasteiger partial charge on any atom is -0.308 e. The molecule has 2 amide bonds. The molecule has 0 atom stereocenters. The Kier molecular flexibility index (Phi) is 4.85. The standard InChI is InChI=1S/C18H25N5O/c1-4-14-5-6-17-15(11-14)7-8-23(17)18(24)20-16-12-19-22(13-16)10-9-21(2)3/h5-6,11-13H,4,7-10H2,1-3H3,(H,20,24). The fourth-order valence-corrected chi connectivity index (χ4v) is 2.93. The highest BCUT2D eigenvalue weighted by molar-refractivity contribution is 6.03. The van der Waals surface area contributed by atoms with Gasteiger partial charge in [0.2, 0.25) is 0 Å². The van der Waals surface area contributed by atoms with Crippen molar-refractivity contribution in [3.8, 4) is 0 Å². The molecule has 0 saturated heterocycles. The van der Waals surface area contributed by atoms with Crippen molar-refractivity contribution in [2.24, 2.45) is 0 Å². The molecule has 6 nitrogen and oxygen atoms in total. The quantitative estimate of drug-likeness (QED) is 0.918. The number of benzene rings is 1. The smallest absolute Gasteiger partial charge is 0.308 e. The van der Waals surface area contributed by atoms with Gasteiger partial charge in [-0.3, -0.25) is 9.58 Å². The van der Waals surface area contributed by atoms with Crippen molar-refractivity contribution in [2.75, 3.05) is 37.4 Å². The molecule has 1 aliphatic rings. The highest BCUT2D eigenvalue weighted by atomic mass is 16.2. The molecule has 0 spiro atoms. The predicted molar refractivity (Wildman–Crippen MR) is 96.7 cm³/mol. The van der Waals surface area contributed by atoms with Gasteiger partial charge in [-0.2, -0.15) is 5.10 Å². The van der Waals surface area contributed by atoms with E-state index in [-0.39, 0.29) is 6.03 Å². The highest BCUT2D eigenvalue weighted by Crippen LogP contribution is 2.29. The molecule has 0 bridgehead atoms. The normalized spacial score (nSPS) is 13.4. The number of nitrogens with one attached hydrogen (secondary N) is 1. The second kappa shape index (κ2) is 7.05. The fourth-order valence-electron chi connectivity index (χ4n) is 2.93. The Morgan fingerprint density at radius 2 is 2.21 bits per heavy atom. The molecule has 1 aliphatic heterocycles. The molecule has 6 heteroatoms. The summed E-state index contributed by atoms with van der Waals surface area (Å²) in [6, 6.07) is 6.28. The van der Waals surface area contributed by atoms with Gasteiger partial charge in [0.1, 0.15) is 0 Å². The first-order valence-electron chi connectivity index (χ1n) is 8.44. The van der Waals surface area contributed by atoms with Gasteiger partial charge >= 0.3 is 6.03 Å². The third kappa shape index (κ3) is 3.59. The lowest BCUT2D eigenvalue weighted by atomic mass is 10.1. The number of fused-ring (bicyclic) bond motifs is 1. The Bertz CT molecular complexity index is 722. The first-order chi connectivity index (χ1) is 11.6. The number of aryl methyl sites for hydroxylation is 1. The van der Waals surface area contributed by atoms with E-state index in [1.807, 2.05) is 29.9 Å². The number of hydrogen-bond donors (Lipinski definition) is 1. The molecule has 1 N–H and O–H groups in total. The predicted octanol–water partition coefficient (Wildman–Crippen LogP) is 2.60. The monoisotopic (exact) mass is 327 g/mol. The van der Waals surface area contributed by atoms with E-state index in [1.165, 1.54) is 11.1 Å². The molecule has 24 heavy (non-hydrogen) atoms. The SMILES string of the molecule is CCc1ccc2c(c1)CCN2C(=O)Nc1cnn(CCN(C)C)c1. The summed E-state index contributed by atoms with van der Waals surface area (Å²) in [5.41, 5.74) is 4.33. The van der Waals surface area contributed by atoms with E-state index in [1.54, 1.807) is 6.20 Å². The molecular formula is C18H25N5O. The van der Waals surface area contributed by atoms with Crippen LogP contribution in [0.2, 0.25) is 0 Å². The number of hydrogen-bond acceptors (Lipinski definition) is 3. The molecule has 1 aromatic carbocycles. The summed E-state index contributed by atoms with van der Waals surface area (Å²) in [4.78, 5) is 16.5. The number of urea groups is 1. The minimum absolute atomic E-state index is 0.0924. The van der Waals surface area contributed by atoms with E-state index >= 15 is 0 Å². The number of aromatic nitrogens is 2. The Balaban J connectivity index is 1.65. The molecule has 2 heterocycles. The number of anilines is 2. The van der Waals surface area contributed by atoms with Crippen LogP contribution in [0, 0.1) is 0 Å². The molecule has 2 aromatic rings. The fraction of sp³-hybridized carbons (Fsp3) is 0.444. The van der Waals surface area contributed by atoms with Crippen LogP contribution in [0.4, 0.5) is 16.2 Å². The van der Waals surface area contributed by atoms with Crippen LogP contribution in [-0.2, 0) is 19.4 Å². The van der Waals surface area contributed by atoms with E-state index in [2.05, 4.69) is 40.4 Å². The van der Waals surface area contributed by atoms with Gasteiger partial charge in [-0.15, -0.1) is 0 Å². The zero-order valence-corrected chi connectivity index (χ0v) is 14.6. The molecule has 3 rings (SSSR count). The van der Waals surface area contributed by atoms with Crippen LogP contribution in [0.5, 0.6) is 0 Å². The molecule has 0 fully saturated rings. The van der Waals surface area contributed by atoms with Crippen molar-refractivity contribution >= 4 is 17.4 Å². The van der Waals surface area contributed by atoms with Gasteiger partial charge in [0, 0.05) is 25.0 Å². The molecule has 1 aromatic heterocycles. The van der Waals surface area contributed by atoms with Crippen molar-refractivity contribution in [1.82, 2.24) is 14.7 Å². The number of carbonyl (C=O) groups is 1. The molecule has 0 aliphatic carbocycles. The van der Waals surface area contributed by atoms with Crippen LogP contribution in [0.1, 0.15) is 18.1 Å². The summed E-state index contributed by atoms with van der Waals surface area (Å²) < 4.78 is 1.85. The molecular weight excluding hydrogens is 302 g/mol. The Labute approximate surface area is 143 Å². The maximum atomic E-state index is 12.6. The maximum absolute atomic E-state index is 12.6. The summed E-state index contributed by atoms with van der Waals surface area (Å²) in [5.74, 6) is 0. The van der Waals surface area contributed by atoms with E-state index < -0.39 is 0 Å². The average Bonchev–Trinajstić information content (AvgIpc) is 3.18. The molecule has 0 saturated carbocycles. The van der Waals surface area contributed by atoms with Crippen molar-refractivity contribution in [2.45, 2.75) is 26.3 Å². The van der Waals surface area contributed by atoms with Gasteiger partial charge in [-0.05, 0) is 44.1 Å². The zero-order chi connectivity index (χ0) is 17.1. The second-order valence-corrected chi connectivity index (χ2v) is 6.44. The Hall–Kier alpha value is -2.34. The van der Waals surface area contributed by atoms with Crippen molar-refractivity contribution in [3.05, 3.63) is 41.7 Å². The van der Waals surface area contributed by atoms with E-state index in [0.29, 0.717) is 0 Å². The van der Waals surface area contributed by atoms with E-state index in [0.717, 1.165) is 43.9 Å². The first-order valence-corrected chi connectivity index (χ1v) is 8.44. The van der Waals surface area contributed by atoms with Gasteiger partial charge in [0.05, 0.1) is 18.4 Å². The topological polar surface area (TPSA) is 53.4 Å². The third-order valence-corrected chi connectivity index (χ3v) is 4.35. The number of likely N-dealkylation sites (N-methyl/N-ethyl adjacent to an activating group) is 1. The van der Waals surface area contributed by atoms with Crippen molar-refractivity contribution in [3.63, 3.8) is 0 Å². The maximum Gasteiger partial charge on any atom is 0.326 e. The van der Waals surface area contributed by atoms with Crippen molar-refractivity contribution < 1.29 is 4.79 Å². The number of carbonyl (C=O) groups excluding carboxylic acids is 1. The van der Waals surface area contributed by atoms with Crippen LogP contribution in [0.3, 0.4) is 0 Å². The minimum atomic E-state index is -0.0924. The average molecular weight is 327 g/mol. The lowest BCUT2D eigenvalue weighted by Crippen LogP contribution is -2.33. The third-order valence-electron chi connectivity index (χ3n) is 4.35. The van der Waals surface area contributed by atoms with Crippen LogP contribution in [0.15, 0.2) is 30.6 Å². The van der Waals surface area contributed by atoms with Crippen LogP contribution < -0.4 is 10.2 Å².